The van der Waals surface area contributed by atoms with E-state index in [0.29, 0.717) is 4.90 Å². The lowest BCUT2D eigenvalue weighted by molar-refractivity contribution is -0.137. The minimum absolute atomic E-state index is 0.0625. The van der Waals surface area contributed by atoms with E-state index in [1.807, 2.05) is 0 Å². The van der Waals surface area contributed by atoms with Crippen molar-refractivity contribution in [1.82, 2.24) is 0 Å². The molecule has 2 rings (SSSR count). The Morgan fingerprint density at radius 3 is 2.52 bits per heavy atom. The average Bonchev–Trinajstić information content (AvgIpc) is 2.57. The summed E-state index contributed by atoms with van der Waals surface area (Å²) in [6, 6.07) is 8.26. The third-order valence-corrected chi connectivity index (χ3v) is 5.57. The van der Waals surface area contributed by atoms with Crippen LogP contribution in [0.5, 0.6) is 0 Å². The number of alkyl halides is 3. The number of hydrogen-bond donors (Lipinski definition) is 1. The van der Waals surface area contributed by atoms with Crippen LogP contribution < -0.4 is 5.14 Å². The molecule has 0 amide bonds. The van der Waals surface area contributed by atoms with E-state index in [9.17, 15) is 26.4 Å². The summed E-state index contributed by atoms with van der Waals surface area (Å²) in [6.45, 7) is -0.0902. The lowest BCUT2D eigenvalue weighted by atomic mass is 10.2. The van der Waals surface area contributed by atoms with Crippen molar-refractivity contribution < 1.29 is 31.1 Å². The van der Waals surface area contributed by atoms with Crippen molar-refractivity contribution in [3.05, 3.63) is 58.6 Å². The first-order chi connectivity index (χ1) is 12.5. The number of esters is 1. The fraction of sp³-hybridized carbons (Fsp3) is 0.188. The highest BCUT2D eigenvalue weighted by atomic mass is 35.5. The predicted octanol–water partition coefficient (Wildman–Crippen LogP) is 3.96. The van der Waals surface area contributed by atoms with E-state index in [1.165, 1.54) is 24.3 Å². The fourth-order valence-electron chi connectivity index (χ4n) is 1.99. The Bertz CT molecular complexity index is 949. The van der Waals surface area contributed by atoms with Crippen molar-refractivity contribution in [3.8, 4) is 0 Å². The molecule has 0 spiro atoms. The van der Waals surface area contributed by atoms with Gasteiger partial charge in [-0.1, -0.05) is 17.7 Å². The van der Waals surface area contributed by atoms with Crippen LogP contribution in [0.25, 0.3) is 0 Å². The standard InChI is InChI=1S/C16H13ClF3NO4S2/c17-13-5-4-10(8-14(13)27(21,23)24)15(22)25-6-7-26-12-3-1-2-11(9-12)16(18,19)20/h1-5,8-9H,6-7H2,(H2,21,23,24). The summed E-state index contributed by atoms with van der Waals surface area (Å²) in [4.78, 5) is 11.9. The fourth-order valence-corrected chi connectivity index (χ4v) is 3.85. The smallest absolute Gasteiger partial charge is 0.416 e. The van der Waals surface area contributed by atoms with Gasteiger partial charge in [-0.2, -0.15) is 13.2 Å². The first-order valence-electron chi connectivity index (χ1n) is 7.28. The molecular weight excluding hydrogens is 427 g/mol. The number of primary sulfonamides is 1. The molecule has 0 radical (unpaired) electrons. The molecule has 0 aliphatic carbocycles. The molecule has 0 bridgehead atoms. The topological polar surface area (TPSA) is 86.5 Å². The summed E-state index contributed by atoms with van der Waals surface area (Å²) < 4.78 is 65.8. The lowest BCUT2D eigenvalue weighted by Gasteiger charge is -2.09. The number of rotatable bonds is 6. The molecule has 2 aromatic rings. The van der Waals surface area contributed by atoms with Gasteiger partial charge in [0.15, 0.2) is 0 Å². The quantitative estimate of drug-likeness (QED) is 0.418. The maximum absolute atomic E-state index is 12.7. The molecule has 0 unspecified atom stereocenters. The second-order valence-electron chi connectivity index (χ2n) is 5.20. The van der Waals surface area contributed by atoms with Gasteiger partial charge < -0.3 is 4.74 Å². The van der Waals surface area contributed by atoms with Crippen LogP contribution in [0.3, 0.4) is 0 Å². The van der Waals surface area contributed by atoms with Crippen molar-refractivity contribution in [3.63, 3.8) is 0 Å². The van der Waals surface area contributed by atoms with Crippen LogP contribution in [-0.4, -0.2) is 26.7 Å². The first kappa shape index (κ1) is 21.5. The molecule has 0 aliphatic rings. The highest BCUT2D eigenvalue weighted by Crippen LogP contribution is 2.31. The maximum Gasteiger partial charge on any atom is 0.416 e. The van der Waals surface area contributed by atoms with Crippen LogP contribution in [0.2, 0.25) is 5.02 Å². The molecule has 5 nitrogen and oxygen atoms in total. The van der Waals surface area contributed by atoms with Crippen LogP contribution in [0.1, 0.15) is 15.9 Å². The van der Waals surface area contributed by atoms with Crippen LogP contribution >= 0.6 is 23.4 Å². The number of halogens is 4. The summed E-state index contributed by atoms with van der Waals surface area (Å²) in [5.74, 6) is -0.593. The van der Waals surface area contributed by atoms with Crippen molar-refractivity contribution in [2.24, 2.45) is 5.14 Å². The van der Waals surface area contributed by atoms with Crippen molar-refractivity contribution in [2.75, 3.05) is 12.4 Å². The minimum atomic E-state index is -4.43. The van der Waals surface area contributed by atoms with Gasteiger partial charge in [-0.05, 0) is 36.4 Å². The second kappa shape index (κ2) is 8.51. The SMILES string of the molecule is NS(=O)(=O)c1cc(C(=O)OCCSc2cccc(C(F)(F)F)c2)ccc1Cl. The third-order valence-electron chi connectivity index (χ3n) is 3.22. The Balaban J connectivity index is 1.94. The highest BCUT2D eigenvalue weighted by molar-refractivity contribution is 7.99. The number of carbonyl (C=O) groups is 1. The summed E-state index contributed by atoms with van der Waals surface area (Å²) >= 11 is 6.81. The van der Waals surface area contributed by atoms with E-state index in [2.05, 4.69) is 0 Å². The maximum atomic E-state index is 12.7. The molecule has 0 aromatic heterocycles. The number of ether oxygens (including phenoxy) is 1. The Morgan fingerprint density at radius 1 is 1.19 bits per heavy atom. The molecular formula is C16H13ClF3NO4S2. The van der Waals surface area contributed by atoms with Crippen LogP contribution in [0, 0.1) is 0 Å². The van der Waals surface area contributed by atoms with Crippen molar-refractivity contribution in [1.29, 1.82) is 0 Å². The molecule has 0 saturated carbocycles. The van der Waals surface area contributed by atoms with Gasteiger partial charge in [-0.25, -0.2) is 18.4 Å². The molecule has 0 heterocycles. The van der Waals surface area contributed by atoms with E-state index >= 15 is 0 Å². The zero-order valence-corrected chi connectivity index (χ0v) is 15.9. The van der Waals surface area contributed by atoms with Gasteiger partial charge in [0.05, 0.1) is 16.1 Å². The normalized spacial score (nSPS) is 12.0. The van der Waals surface area contributed by atoms with Gasteiger partial charge in [-0.3, -0.25) is 0 Å². The minimum Gasteiger partial charge on any atom is -0.461 e. The summed E-state index contributed by atoms with van der Waals surface area (Å²) in [5, 5.41) is 4.88. The summed E-state index contributed by atoms with van der Waals surface area (Å²) in [6.07, 6.45) is -4.43. The van der Waals surface area contributed by atoms with Gasteiger partial charge in [0.2, 0.25) is 10.0 Å². The molecule has 11 heteroatoms. The number of sulfonamides is 1. The molecule has 2 aromatic carbocycles. The third kappa shape index (κ3) is 6.13. The van der Waals surface area contributed by atoms with Crippen molar-refractivity contribution in [2.45, 2.75) is 16.0 Å². The van der Waals surface area contributed by atoms with Gasteiger partial charge >= 0.3 is 12.1 Å². The number of benzene rings is 2. The molecule has 27 heavy (non-hydrogen) atoms. The van der Waals surface area contributed by atoms with Crippen LogP contribution in [0.4, 0.5) is 13.2 Å². The zero-order valence-electron chi connectivity index (χ0n) is 13.5. The Morgan fingerprint density at radius 2 is 1.89 bits per heavy atom. The Labute approximate surface area is 162 Å². The van der Waals surface area contributed by atoms with E-state index in [1.54, 1.807) is 0 Å². The zero-order chi connectivity index (χ0) is 20.2. The Hall–Kier alpha value is -1.75. The van der Waals surface area contributed by atoms with Gasteiger partial charge in [0.1, 0.15) is 11.5 Å². The van der Waals surface area contributed by atoms with Crippen LogP contribution in [0.15, 0.2) is 52.3 Å². The number of thioether (sulfide) groups is 1. The lowest BCUT2D eigenvalue weighted by Crippen LogP contribution is -2.14. The van der Waals surface area contributed by atoms with Gasteiger partial charge in [0, 0.05) is 10.6 Å². The summed E-state index contributed by atoms with van der Waals surface area (Å²) in [7, 11) is -4.10. The van der Waals surface area contributed by atoms with E-state index < -0.39 is 32.6 Å². The number of hydrogen-bond acceptors (Lipinski definition) is 5. The highest BCUT2D eigenvalue weighted by Gasteiger charge is 2.30. The molecule has 0 saturated heterocycles. The monoisotopic (exact) mass is 439 g/mol. The first-order valence-corrected chi connectivity index (χ1v) is 10.2. The van der Waals surface area contributed by atoms with E-state index in [0.717, 1.165) is 30.0 Å². The number of carbonyl (C=O) groups excluding carboxylic acids is 1. The molecule has 146 valence electrons. The second-order valence-corrected chi connectivity index (χ2v) is 8.31. The van der Waals surface area contributed by atoms with Crippen LogP contribution in [-0.2, 0) is 20.9 Å². The van der Waals surface area contributed by atoms with E-state index in [-0.39, 0.29) is 22.9 Å². The van der Waals surface area contributed by atoms with E-state index in [4.69, 9.17) is 21.5 Å². The summed E-state index contributed by atoms with van der Waals surface area (Å²) in [5.41, 5.74) is -0.825. The van der Waals surface area contributed by atoms with Crippen molar-refractivity contribution >= 4 is 39.4 Å². The predicted molar refractivity (Wildman–Crippen MR) is 95.3 cm³/mol. The molecule has 0 fully saturated rings. The number of nitrogens with two attached hydrogens (primary N) is 1. The van der Waals surface area contributed by atoms with Gasteiger partial charge in [0.25, 0.3) is 0 Å². The molecule has 0 atom stereocenters. The molecule has 0 aliphatic heterocycles. The van der Waals surface area contributed by atoms with Gasteiger partial charge in [-0.15, -0.1) is 11.8 Å². The average molecular weight is 440 g/mol. The molecule has 2 N–H and O–H groups in total. The largest absolute Gasteiger partial charge is 0.461 e. The Kier molecular flexibility index (Phi) is 6.79.